The average Bonchev–Trinajstić information content (AvgIpc) is 3.02. The second-order valence-electron chi connectivity index (χ2n) is 7.11. The highest BCUT2D eigenvalue weighted by molar-refractivity contribution is 5.79. The predicted molar refractivity (Wildman–Crippen MR) is 99.1 cm³/mol. The second-order valence-corrected chi connectivity index (χ2v) is 7.11. The van der Waals surface area contributed by atoms with Gasteiger partial charge in [-0.25, -0.2) is 0 Å². The van der Waals surface area contributed by atoms with E-state index in [-0.39, 0.29) is 0 Å². The Labute approximate surface area is 142 Å². The highest BCUT2D eigenvalue weighted by Gasteiger charge is 2.22. The SMILES string of the molecule is CCNC(=NCC1CCCN1CC)NCCC1CCN(C)CC1. The molecule has 5 heteroatoms. The van der Waals surface area contributed by atoms with Crippen LogP contribution in [0.4, 0.5) is 0 Å². The maximum absolute atomic E-state index is 4.83. The first-order valence-electron chi connectivity index (χ1n) is 9.67. The molecular formula is C18H37N5. The van der Waals surface area contributed by atoms with Crippen molar-refractivity contribution in [1.29, 1.82) is 0 Å². The average molecular weight is 324 g/mol. The number of likely N-dealkylation sites (N-methyl/N-ethyl adjacent to an activating group) is 1. The summed E-state index contributed by atoms with van der Waals surface area (Å²) in [6, 6.07) is 0.643. The van der Waals surface area contributed by atoms with Crippen LogP contribution in [0.1, 0.15) is 46.0 Å². The third-order valence-corrected chi connectivity index (χ3v) is 5.39. The normalized spacial score (nSPS) is 25.0. The van der Waals surface area contributed by atoms with E-state index >= 15 is 0 Å². The van der Waals surface area contributed by atoms with Crippen LogP contribution in [0.3, 0.4) is 0 Å². The van der Waals surface area contributed by atoms with E-state index in [4.69, 9.17) is 4.99 Å². The van der Waals surface area contributed by atoms with Crippen molar-refractivity contribution in [3.63, 3.8) is 0 Å². The zero-order chi connectivity index (χ0) is 16.5. The lowest BCUT2D eigenvalue weighted by Crippen LogP contribution is -2.40. The van der Waals surface area contributed by atoms with Crippen LogP contribution in [0.5, 0.6) is 0 Å². The molecule has 0 spiro atoms. The Balaban J connectivity index is 1.71. The summed E-state index contributed by atoms with van der Waals surface area (Å²) >= 11 is 0. The summed E-state index contributed by atoms with van der Waals surface area (Å²) in [6.07, 6.45) is 6.59. The van der Waals surface area contributed by atoms with Gasteiger partial charge in [0.1, 0.15) is 0 Å². The first-order valence-corrected chi connectivity index (χ1v) is 9.67. The van der Waals surface area contributed by atoms with Crippen LogP contribution < -0.4 is 10.6 Å². The molecule has 0 aliphatic carbocycles. The molecule has 2 saturated heterocycles. The molecule has 2 fully saturated rings. The van der Waals surface area contributed by atoms with Crippen molar-refractivity contribution in [3.8, 4) is 0 Å². The highest BCUT2D eigenvalue weighted by atomic mass is 15.2. The Hall–Kier alpha value is -0.810. The lowest BCUT2D eigenvalue weighted by atomic mass is 9.94. The van der Waals surface area contributed by atoms with Gasteiger partial charge in [0.25, 0.3) is 0 Å². The molecule has 0 amide bonds. The van der Waals surface area contributed by atoms with Gasteiger partial charge < -0.3 is 15.5 Å². The van der Waals surface area contributed by atoms with Crippen molar-refractivity contribution in [2.45, 2.75) is 52.0 Å². The van der Waals surface area contributed by atoms with Crippen LogP contribution in [-0.2, 0) is 0 Å². The zero-order valence-electron chi connectivity index (χ0n) is 15.5. The molecule has 5 nitrogen and oxygen atoms in total. The van der Waals surface area contributed by atoms with Crippen molar-refractivity contribution in [2.24, 2.45) is 10.9 Å². The first-order chi connectivity index (χ1) is 11.2. The van der Waals surface area contributed by atoms with Crippen LogP contribution in [0.15, 0.2) is 4.99 Å². The predicted octanol–water partition coefficient (Wildman–Crippen LogP) is 1.76. The number of piperidine rings is 1. The van der Waals surface area contributed by atoms with Crippen molar-refractivity contribution in [3.05, 3.63) is 0 Å². The summed E-state index contributed by atoms with van der Waals surface area (Å²) in [5.41, 5.74) is 0. The van der Waals surface area contributed by atoms with E-state index in [2.05, 4.69) is 41.3 Å². The third kappa shape index (κ3) is 6.30. The molecule has 1 atom stereocenters. The van der Waals surface area contributed by atoms with Gasteiger partial charge in [-0.05, 0) is 78.2 Å². The molecule has 0 aromatic carbocycles. The molecule has 0 aromatic heterocycles. The van der Waals surface area contributed by atoms with Crippen molar-refractivity contribution >= 4 is 5.96 Å². The monoisotopic (exact) mass is 323 g/mol. The van der Waals surface area contributed by atoms with E-state index in [1.54, 1.807) is 0 Å². The highest BCUT2D eigenvalue weighted by Crippen LogP contribution is 2.19. The summed E-state index contributed by atoms with van der Waals surface area (Å²) in [6.45, 7) is 12.2. The number of hydrogen-bond donors (Lipinski definition) is 2. The van der Waals surface area contributed by atoms with Gasteiger partial charge in [-0.2, -0.15) is 0 Å². The topological polar surface area (TPSA) is 42.9 Å². The minimum atomic E-state index is 0.643. The molecule has 2 aliphatic heterocycles. The number of hydrogen-bond acceptors (Lipinski definition) is 3. The Kier molecular flexibility index (Phi) is 8.17. The molecule has 134 valence electrons. The standard InChI is InChI=1S/C18H37N5/c1-4-19-18(21-15-17-7-6-12-23(17)5-2)20-11-8-16-9-13-22(3)14-10-16/h16-17H,4-15H2,1-3H3,(H2,19,20,21). The van der Waals surface area contributed by atoms with Crippen molar-refractivity contribution < 1.29 is 0 Å². The molecule has 0 saturated carbocycles. The smallest absolute Gasteiger partial charge is 0.191 e. The van der Waals surface area contributed by atoms with Gasteiger partial charge in [-0.3, -0.25) is 9.89 Å². The summed E-state index contributed by atoms with van der Waals surface area (Å²) < 4.78 is 0. The van der Waals surface area contributed by atoms with Gasteiger partial charge in [0, 0.05) is 19.1 Å². The number of nitrogens with zero attached hydrogens (tertiary/aromatic N) is 3. The van der Waals surface area contributed by atoms with E-state index in [1.807, 2.05) is 0 Å². The second kappa shape index (κ2) is 10.1. The van der Waals surface area contributed by atoms with Gasteiger partial charge >= 0.3 is 0 Å². The Bertz CT molecular complexity index is 349. The number of guanidine groups is 1. The Morgan fingerprint density at radius 2 is 1.87 bits per heavy atom. The lowest BCUT2D eigenvalue weighted by molar-refractivity contribution is 0.213. The van der Waals surface area contributed by atoms with Crippen LogP contribution in [0, 0.1) is 5.92 Å². The molecule has 23 heavy (non-hydrogen) atoms. The fraction of sp³-hybridized carbons (Fsp3) is 0.944. The van der Waals surface area contributed by atoms with Crippen molar-refractivity contribution in [1.82, 2.24) is 20.4 Å². The maximum Gasteiger partial charge on any atom is 0.191 e. The summed E-state index contributed by atoms with van der Waals surface area (Å²) in [5.74, 6) is 1.88. The van der Waals surface area contributed by atoms with E-state index in [0.717, 1.165) is 38.1 Å². The minimum Gasteiger partial charge on any atom is -0.357 e. The summed E-state index contributed by atoms with van der Waals surface area (Å²) in [4.78, 5) is 9.84. The Morgan fingerprint density at radius 1 is 1.09 bits per heavy atom. The first kappa shape index (κ1) is 18.5. The molecule has 2 aliphatic rings. The quantitative estimate of drug-likeness (QED) is 0.553. The largest absolute Gasteiger partial charge is 0.357 e. The maximum atomic E-state index is 4.83. The zero-order valence-corrected chi connectivity index (χ0v) is 15.5. The third-order valence-electron chi connectivity index (χ3n) is 5.39. The number of aliphatic imine (C=N–C) groups is 1. The van der Waals surface area contributed by atoms with Crippen LogP contribution in [-0.4, -0.2) is 74.7 Å². The fourth-order valence-electron chi connectivity index (χ4n) is 3.80. The number of likely N-dealkylation sites (tertiary alicyclic amines) is 2. The number of nitrogens with one attached hydrogen (secondary N) is 2. The Morgan fingerprint density at radius 3 is 2.57 bits per heavy atom. The van der Waals surface area contributed by atoms with Crippen molar-refractivity contribution in [2.75, 3.05) is 52.9 Å². The van der Waals surface area contributed by atoms with Crippen LogP contribution in [0.25, 0.3) is 0 Å². The van der Waals surface area contributed by atoms with Gasteiger partial charge in [-0.1, -0.05) is 6.92 Å². The van der Waals surface area contributed by atoms with Gasteiger partial charge in [0.05, 0.1) is 6.54 Å². The van der Waals surface area contributed by atoms with Gasteiger partial charge in [-0.15, -0.1) is 0 Å². The van der Waals surface area contributed by atoms with E-state index in [9.17, 15) is 0 Å². The number of rotatable bonds is 7. The molecule has 0 aromatic rings. The molecule has 0 radical (unpaired) electrons. The van der Waals surface area contributed by atoms with Gasteiger partial charge in [0.15, 0.2) is 5.96 Å². The molecule has 1 unspecified atom stereocenters. The van der Waals surface area contributed by atoms with Gasteiger partial charge in [0.2, 0.25) is 0 Å². The van der Waals surface area contributed by atoms with E-state index < -0.39 is 0 Å². The summed E-state index contributed by atoms with van der Waals surface area (Å²) in [7, 11) is 2.23. The molecule has 2 N–H and O–H groups in total. The summed E-state index contributed by atoms with van der Waals surface area (Å²) in [5, 5.41) is 6.94. The lowest BCUT2D eigenvalue weighted by Gasteiger charge is -2.29. The molecular weight excluding hydrogens is 286 g/mol. The molecule has 2 heterocycles. The molecule has 0 bridgehead atoms. The van der Waals surface area contributed by atoms with Crippen LogP contribution in [0.2, 0.25) is 0 Å². The van der Waals surface area contributed by atoms with Crippen LogP contribution >= 0.6 is 0 Å². The van der Waals surface area contributed by atoms with E-state index in [0.29, 0.717) is 6.04 Å². The van der Waals surface area contributed by atoms with E-state index in [1.165, 1.54) is 51.7 Å². The molecule has 2 rings (SSSR count). The fourth-order valence-corrected chi connectivity index (χ4v) is 3.80. The minimum absolute atomic E-state index is 0.643.